The Kier molecular flexibility index (Phi) is 7.15. The lowest BCUT2D eigenvalue weighted by molar-refractivity contribution is 0.0900. The van der Waals surface area contributed by atoms with E-state index >= 15 is 0 Å². The van der Waals surface area contributed by atoms with Crippen molar-refractivity contribution in [2.75, 3.05) is 25.4 Å². The first kappa shape index (κ1) is 19.7. The molecule has 3 N–H and O–H groups in total. The summed E-state index contributed by atoms with van der Waals surface area (Å²) in [5, 5.41) is 21.6. The second-order valence-corrected chi connectivity index (χ2v) is 7.98. The minimum Gasteiger partial charge on any atom is -0.508 e. The van der Waals surface area contributed by atoms with Crippen molar-refractivity contribution < 1.29 is 15.0 Å². The molecular weight excluding hydrogens is 360 g/mol. The van der Waals surface area contributed by atoms with Crippen LogP contribution in [0.4, 0.5) is 0 Å². The molecular formula is C21H26N2O3S. The van der Waals surface area contributed by atoms with E-state index in [9.17, 15) is 9.90 Å². The number of carbonyl (C=O) groups excluding carboxylic acids is 1. The minimum atomic E-state index is -0.0436. The molecule has 5 nitrogen and oxygen atoms in total. The molecule has 0 aliphatic carbocycles. The maximum absolute atomic E-state index is 12.5. The third-order valence-corrected chi connectivity index (χ3v) is 5.63. The van der Waals surface area contributed by atoms with Crippen LogP contribution in [0.3, 0.4) is 0 Å². The zero-order chi connectivity index (χ0) is 19.1. The van der Waals surface area contributed by atoms with Crippen molar-refractivity contribution in [1.82, 2.24) is 10.2 Å². The number of phenols is 1. The Hall–Kier alpha value is -2.02. The zero-order valence-corrected chi connectivity index (χ0v) is 16.1. The predicted molar refractivity (Wildman–Crippen MR) is 108 cm³/mol. The summed E-state index contributed by atoms with van der Waals surface area (Å²) in [5.41, 5.74) is 1.74. The highest BCUT2D eigenvalue weighted by Gasteiger charge is 2.22. The fourth-order valence-corrected chi connectivity index (χ4v) is 4.02. The molecule has 0 spiro atoms. The molecule has 1 aliphatic rings. The van der Waals surface area contributed by atoms with E-state index in [0.717, 1.165) is 42.9 Å². The molecule has 0 saturated carbocycles. The van der Waals surface area contributed by atoms with Crippen molar-refractivity contribution in [2.45, 2.75) is 30.3 Å². The molecule has 6 heteroatoms. The van der Waals surface area contributed by atoms with E-state index < -0.39 is 0 Å². The molecule has 1 heterocycles. The van der Waals surface area contributed by atoms with Crippen LogP contribution in [0.25, 0.3) is 0 Å². The predicted octanol–water partition coefficient (Wildman–Crippen LogP) is 2.87. The fourth-order valence-electron chi connectivity index (χ4n) is 3.36. The van der Waals surface area contributed by atoms with Crippen LogP contribution >= 0.6 is 11.8 Å². The Bertz CT molecular complexity index is 751. The molecule has 1 fully saturated rings. The Balaban J connectivity index is 1.53. The molecule has 0 aromatic heterocycles. The molecule has 2 aromatic carbocycles. The highest BCUT2D eigenvalue weighted by Crippen LogP contribution is 2.19. The number of amides is 1. The lowest BCUT2D eigenvalue weighted by Crippen LogP contribution is -2.47. The van der Waals surface area contributed by atoms with Crippen LogP contribution in [-0.2, 0) is 6.54 Å². The van der Waals surface area contributed by atoms with Crippen LogP contribution in [0.1, 0.15) is 28.8 Å². The van der Waals surface area contributed by atoms with E-state index in [0.29, 0.717) is 11.3 Å². The molecule has 1 amide bonds. The van der Waals surface area contributed by atoms with Gasteiger partial charge in [0, 0.05) is 35.3 Å². The molecule has 2 aromatic rings. The van der Waals surface area contributed by atoms with Crippen LogP contribution in [0.2, 0.25) is 0 Å². The topological polar surface area (TPSA) is 72.8 Å². The van der Waals surface area contributed by atoms with Crippen molar-refractivity contribution in [3.05, 3.63) is 59.7 Å². The largest absolute Gasteiger partial charge is 0.508 e. The number of likely N-dealkylation sites (tertiary alicyclic amines) is 1. The minimum absolute atomic E-state index is 0.0436. The van der Waals surface area contributed by atoms with Crippen molar-refractivity contribution in [2.24, 2.45) is 0 Å². The molecule has 27 heavy (non-hydrogen) atoms. The lowest BCUT2D eigenvalue weighted by atomic mass is 10.0. The van der Waals surface area contributed by atoms with Gasteiger partial charge in [-0.1, -0.05) is 12.1 Å². The second-order valence-electron chi connectivity index (χ2n) is 6.81. The highest BCUT2D eigenvalue weighted by molar-refractivity contribution is 7.99. The van der Waals surface area contributed by atoms with Gasteiger partial charge in [-0.3, -0.25) is 9.69 Å². The first-order valence-corrected chi connectivity index (χ1v) is 10.3. The van der Waals surface area contributed by atoms with E-state index in [-0.39, 0.29) is 24.3 Å². The van der Waals surface area contributed by atoms with Gasteiger partial charge in [-0.2, -0.15) is 0 Å². The third-order valence-electron chi connectivity index (χ3n) is 4.63. The van der Waals surface area contributed by atoms with Crippen LogP contribution < -0.4 is 5.32 Å². The standard InChI is InChI=1S/C21H26N2O3S/c24-11-12-27-20-8-6-17(7-9-20)21(26)22-18-4-2-10-23(15-18)14-16-3-1-5-19(25)13-16/h1,3,5-9,13,18,24-25H,2,4,10-12,14-15H2,(H,22,26)/t18-/m1/s1. The summed E-state index contributed by atoms with van der Waals surface area (Å²) in [4.78, 5) is 15.9. The van der Waals surface area contributed by atoms with Crippen LogP contribution in [0.15, 0.2) is 53.4 Å². The Labute approximate surface area is 164 Å². The smallest absolute Gasteiger partial charge is 0.251 e. The van der Waals surface area contributed by atoms with Crippen molar-refractivity contribution in [3.8, 4) is 5.75 Å². The Morgan fingerprint density at radius 2 is 2.04 bits per heavy atom. The van der Waals surface area contributed by atoms with Crippen molar-refractivity contribution in [3.63, 3.8) is 0 Å². The SMILES string of the molecule is O=C(N[C@@H]1CCCN(Cc2cccc(O)c2)C1)c1ccc(SCCO)cc1. The number of nitrogens with zero attached hydrogens (tertiary/aromatic N) is 1. The average Bonchev–Trinajstić information content (AvgIpc) is 2.67. The number of piperidine rings is 1. The van der Waals surface area contributed by atoms with Gasteiger partial charge in [0.15, 0.2) is 0 Å². The summed E-state index contributed by atoms with van der Waals surface area (Å²) < 4.78 is 0. The summed E-state index contributed by atoms with van der Waals surface area (Å²) in [6.45, 7) is 2.73. The average molecular weight is 387 g/mol. The molecule has 3 rings (SSSR count). The third kappa shape index (κ3) is 5.99. The number of hydrogen-bond donors (Lipinski definition) is 3. The normalized spacial score (nSPS) is 17.6. The summed E-state index contributed by atoms with van der Waals surface area (Å²) >= 11 is 1.57. The van der Waals surface area contributed by atoms with Gasteiger partial charge in [0.1, 0.15) is 5.75 Å². The number of hydrogen-bond acceptors (Lipinski definition) is 5. The molecule has 0 radical (unpaired) electrons. The molecule has 0 unspecified atom stereocenters. The Morgan fingerprint density at radius 3 is 2.78 bits per heavy atom. The van der Waals surface area contributed by atoms with E-state index in [1.165, 1.54) is 0 Å². The monoisotopic (exact) mass is 386 g/mol. The lowest BCUT2D eigenvalue weighted by Gasteiger charge is -2.33. The van der Waals surface area contributed by atoms with Gasteiger partial charge < -0.3 is 15.5 Å². The zero-order valence-electron chi connectivity index (χ0n) is 15.3. The van der Waals surface area contributed by atoms with Gasteiger partial charge in [-0.25, -0.2) is 0 Å². The molecule has 0 bridgehead atoms. The second kappa shape index (κ2) is 9.78. The van der Waals surface area contributed by atoms with Gasteiger partial charge in [0.2, 0.25) is 0 Å². The highest BCUT2D eigenvalue weighted by atomic mass is 32.2. The maximum Gasteiger partial charge on any atom is 0.251 e. The van der Waals surface area contributed by atoms with E-state index in [1.54, 1.807) is 23.9 Å². The number of aliphatic hydroxyl groups excluding tert-OH is 1. The summed E-state index contributed by atoms with van der Waals surface area (Å²) in [6.07, 6.45) is 2.02. The maximum atomic E-state index is 12.5. The number of carbonyl (C=O) groups is 1. The van der Waals surface area contributed by atoms with E-state index in [2.05, 4.69) is 10.2 Å². The van der Waals surface area contributed by atoms with Crippen molar-refractivity contribution >= 4 is 17.7 Å². The van der Waals surface area contributed by atoms with Gasteiger partial charge in [0.05, 0.1) is 6.61 Å². The van der Waals surface area contributed by atoms with E-state index in [1.807, 2.05) is 36.4 Å². The number of aliphatic hydroxyl groups is 1. The van der Waals surface area contributed by atoms with Crippen LogP contribution in [-0.4, -0.2) is 52.5 Å². The molecule has 1 atom stereocenters. The Morgan fingerprint density at radius 1 is 1.22 bits per heavy atom. The van der Waals surface area contributed by atoms with Gasteiger partial charge in [0.25, 0.3) is 5.91 Å². The van der Waals surface area contributed by atoms with Gasteiger partial charge in [-0.05, 0) is 61.3 Å². The van der Waals surface area contributed by atoms with E-state index in [4.69, 9.17) is 5.11 Å². The summed E-state index contributed by atoms with van der Waals surface area (Å²) in [5.74, 6) is 0.899. The van der Waals surface area contributed by atoms with Gasteiger partial charge in [-0.15, -0.1) is 11.8 Å². The first-order chi connectivity index (χ1) is 13.1. The first-order valence-electron chi connectivity index (χ1n) is 9.29. The fraction of sp³-hybridized carbons (Fsp3) is 0.381. The number of phenolic OH excluding ortho intramolecular Hbond substituents is 1. The quantitative estimate of drug-likeness (QED) is 0.638. The van der Waals surface area contributed by atoms with Gasteiger partial charge >= 0.3 is 0 Å². The van der Waals surface area contributed by atoms with Crippen LogP contribution in [0, 0.1) is 0 Å². The number of thioether (sulfide) groups is 1. The van der Waals surface area contributed by atoms with Crippen LogP contribution in [0.5, 0.6) is 5.75 Å². The number of rotatable bonds is 7. The summed E-state index contributed by atoms with van der Waals surface area (Å²) in [7, 11) is 0. The number of benzene rings is 2. The molecule has 1 saturated heterocycles. The number of aromatic hydroxyl groups is 1. The number of nitrogens with one attached hydrogen (secondary N) is 1. The van der Waals surface area contributed by atoms with Crippen molar-refractivity contribution in [1.29, 1.82) is 0 Å². The molecule has 144 valence electrons. The molecule has 1 aliphatic heterocycles. The summed E-state index contributed by atoms with van der Waals surface area (Å²) in [6, 6.07) is 15.0.